The van der Waals surface area contributed by atoms with Gasteiger partial charge in [-0.05, 0) is 38.2 Å². The van der Waals surface area contributed by atoms with Crippen molar-refractivity contribution in [3.05, 3.63) is 35.9 Å². The Morgan fingerprint density at radius 3 is 2.42 bits per heavy atom. The molecule has 3 heteroatoms. The highest BCUT2D eigenvalue weighted by Crippen LogP contribution is 2.30. The summed E-state index contributed by atoms with van der Waals surface area (Å²) in [5.74, 6) is 0. The van der Waals surface area contributed by atoms with Gasteiger partial charge in [0.25, 0.3) is 0 Å². The van der Waals surface area contributed by atoms with Crippen molar-refractivity contribution >= 4 is 6.09 Å². The lowest BCUT2D eigenvalue weighted by molar-refractivity contribution is -0.00659. The first-order valence-electron chi connectivity index (χ1n) is 7.19. The Hall–Kier alpha value is -1.51. The molecule has 1 fully saturated rings. The standard InChI is InChI=1S/C16H23NO2/c1-3-16(2,14-10-6-4-7-11-14)19-15(18)17-12-8-5-9-13-17/h4,6-7,10-11H,3,5,8-9,12-13H2,1-2H3. The number of amides is 1. The number of carbonyl (C=O) groups is 1. The lowest BCUT2D eigenvalue weighted by Crippen LogP contribution is -2.40. The molecule has 3 nitrogen and oxygen atoms in total. The van der Waals surface area contributed by atoms with Crippen LogP contribution in [0.4, 0.5) is 4.79 Å². The van der Waals surface area contributed by atoms with Gasteiger partial charge in [0, 0.05) is 13.1 Å². The Balaban J connectivity index is 2.07. The van der Waals surface area contributed by atoms with Gasteiger partial charge < -0.3 is 9.64 Å². The second-order valence-corrected chi connectivity index (χ2v) is 5.37. The smallest absolute Gasteiger partial charge is 0.410 e. The average molecular weight is 261 g/mol. The van der Waals surface area contributed by atoms with Crippen molar-refractivity contribution in [1.82, 2.24) is 4.90 Å². The average Bonchev–Trinajstić information content (AvgIpc) is 2.49. The Kier molecular flexibility index (Phi) is 4.46. The maximum absolute atomic E-state index is 12.2. The van der Waals surface area contributed by atoms with Crippen molar-refractivity contribution < 1.29 is 9.53 Å². The number of hydrogen-bond acceptors (Lipinski definition) is 2. The van der Waals surface area contributed by atoms with Crippen LogP contribution in [0.5, 0.6) is 0 Å². The third-order valence-corrected chi connectivity index (χ3v) is 3.99. The van der Waals surface area contributed by atoms with Gasteiger partial charge in [-0.2, -0.15) is 0 Å². The number of ether oxygens (including phenoxy) is 1. The highest BCUT2D eigenvalue weighted by Gasteiger charge is 2.31. The number of nitrogens with zero attached hydrogens (tertiary/aromatic N) is 1. The summed E-state index contributed by atoms with van der Waals surface area (Å²) in [6.45, 7) is 5.70. The molecule has 19 heavy (non-hydrogen) atoms. The van der Waals surface area contributed by atoms with Crippen molar-refractivity contribution in [2.24, 2.45) is 0 Å². The molecule has 1 aliphatic rings. The molecule has 1 aromatic rings. The molecular formula is C16H23NO2. The van der Waals surface area contributed by atoms with E-state index >= 15 is 0 Å². The van der Waals surface area contributed by atoms with Crippen LogP contribution in [0.25, 0.3) is 0 Å². The third kappa shape index (κ3) is 3.28. The molecule has 1 unspecified atom stereocenters. The molecule has 0 radical (unpaired) electrons. The molecule has 0 saturated carbocycles. The highest BCUT2D eigenvalue weighted by atomic mass is 16.6. The topological polar surface area (TPSA) is 29.5 Å². The SMILES string of the molecule is CCC(C)(OC(=O)N1CCCCC1)c1ccccc1. The summed E-state index contributed by atoms with van der Waals surface area (Å²) in [6, 6.07) is 9.99. The number of piperidine rings is 1. The molecule has 104 valence electrons. The zero-order valence-corrected chi connectivity index (χ0v) is 11.9. The van der Waals surface area contributed by atoms with E-state index in [-0.39, 0.29) is 6.09 Å². The van der Waals surface area contributed by atoms with E-state index in [0.29, 0.717) is 0 Å². The van der Waals surface area contributed by atoms with Gasteiger partial charge in [-0.25, -0.2) is 4.79 Å². The molecule has 0 aliphatic carbocycles. The van der Waals surface area contributed by atoms with Crippen LogP contribution < -0.4 is 0 Å². The minimum absolute atomic E-state index is 0.173. The van der Waals surface area contributed by atoms with Crippen LogP contribution in [0.3, 0.4) is 0 Å². The van der Waals surface area contributed by atoms with Crippen LogP contribution in [-0.2, 0) is 10.3 Å². The van der Waals surface area contributed by atoms with Gasteiger partial charge in [-0.15, -0.1) is 0 Å². The fraction of sp³-hybridized carbons (Fsp3) is 0.562. The van der Waals surface area contributed by atoms with Gasteiger partial charge in [0.15, 0.2) is 0 Å². The summed E-state index contributed by atoms with van der Waals surface area (Å²) in [6.07, 6.45) is 3.99. The Bertz CT molecular complexity index is 412. The van der Waals surface area contributed by atoms with Gasteiger partial charge >= 0.3 is 6.09 Å². The van der Waals surface area contributed by atoms with E-state index in [9.17, 15) is 4.79 Å². The second-order valence-electron chi connectivity index (χ2n) is 5.37. The van der Waals surface area contributed by atoms with Crippen molar-refractivity contribution in [3.63, 3.8) is 0 Å². The maximum Gasteiger partial charge on any atom is 0.410 e. The number of carbonyl (C=O) groups excluding carboxylic acids is 1. The summed E-state index contributed by atoms with van der Waals surface area (Å²) in [4.78, 5) is 14.1. The van der Waals surface area contributed by atoms with Crippen LogP contribution in [0.15, 0.2) is 30.3 Å². The number of benzene rings is 1. The minimum Gasteiger partial charge on any atom is -0.438 e. The number of hydrogen-bond donors (Lipinski definition) is 0. The zero-order chi connectivity index (χ0) is 13.7. The highest BCUT2D eigenvalue weighted by molar-refractivity contribution is 5.68. The fourth-order valence-corrected chi connectivity index (χ4v) is 2.46. The van der Waals surface area contributed by atoms with Crippen LogP contribution >= 0.6 is 0 Å². The van der Waals surface area contributed by atoms with Crippen LogP contribution in [-0.4, -0.2) is 24.1 Å². The van der Waals surface area contributed by atoms with Crippen LogP contribution in [0.1, 0.15) is 45.1 Å². The second kappa shape index (κ2) is 6.09. The van der Waals surface area contributed by atoms with E-state index < -0.39 is 5.60 Å². The van der Waals surface area contributed by atoms with Gasteiger partial charge in [0.1, 0.15) is 5.60 Å². The van der Waals surface area contributed by atoms with Crippen LogP contribution in [0, 0.1) is 0 Å². The van der Waals surface area contributed by atoms with Gasteiger partial charge in [0.2, 0.25) is 0 Å². The lowest BCUT2D eigenvalue weighted by Gasteiger charge is -2.33. The molecule has 2 rings (SSSR count). The van der Waals surface area contributed by atoms with Gasteiger partial charge in [-0.1, -0.05) is 37.3 Å². The van der Waals surface area contributed by atoms with E-state index in [4.69, 9.17) is 4.74 Å². The largest absolute Gasteiger partial charge is 0.438 e. The van der Waals surface area contributed by atoms with Crippen molar-refractivity contribution in [1.29, 1.82) is 0 Å². The normalized spacial score (nSPS) is 18.7. The van der Waals surface area contributed by atoms with Crippen molar-refractivity contribution in [2.75, 3.05) is 13.1 Å². The predicted octanol–water partition coefficient (Wildman–Crippen LogP) is 3.93. The fourth-order valence-electron chi connectivity index (χ4n) is 2.46. The Morgan fingerprint density at radius 1 is 1.21 bits per heavy atom. The molecule has 1 amide bonds. The molecule has 1 aliphatic heterocycles. The Morgan fingerprint density at radius 2 is 1.84 bits per heavy atom. The van der Waals surface area contributed by atoms with E-state index in [1.54, 1.807) is 0 Å². The molecule has 1 saturated heterocycles. The van der Waals surface area contributed by atoms with Crippen molar-refractivity contribution in [2.45, 2.75) is 45.1 Å². The minimum atomic E-state index is -0.532. The van der Waals surface area contributed by atoms with Crippen LogP contribution in [0.2, 0.25) is 0 Å². The monoisotopic (exact) mass is 261 g/mol. The summed E-state index contributed by atoms with van der Waals surface area (Å²) in [7, 11) is 0. The first-order valence-corrected chi connectivity index (χ1v) is 7.19. The van der Waals surface area contributed by atoms with Gasteiger partial charge in [0.05, 0.1) is 0 Å². The molecule has 1 atom stereocenters. The molecule has 1 aromatic carbocycles. The third-order valence-electron chi connectivity index (χ3n) is 3.99. The molecule has 0 spiro atoms. The lowest BCUT2D eigenvalue weighted by atomic mass is 9.93. The molecule has 0 bridgehead atoms. The molecule has 0 aromatic heterocycles. The number of rotatable bonds is 3. The zero-order valence-electron chi connectivity index (χ0n) is 11.9. The maximum atomic E-state index is 12.2. The number of likely N-dealkylation sites (tertiary alicyclic amines) is 1. The molecule has 0 N–H and O–H groups in total. The van der Waals surface area contributed by atoms with E-state index in [2.05, 4.69) is 6.92 Å². The molecule has 1 heterocycles. The van der Waals surface area contributed by atoms with E-state index in [0.717, 1.165) is 37.9 Å². The summed E-state index contributed by atoms with van der Waals surface area (Å²) in [5.41, 5.74) is 0.526. The van der Waals surface area contributed by atoms with Crippen molar-refractivity contribution in [3.8, 4) is 0 Å². The van der Waals surface area contributed by atoms with E-state index in [1.807, 2.05) is 42.2 Å². The summed E-state index contributed by atoms with van der Waals surface area (Å²) in [5, 5.41) is 0. The first-order chi connectivity index (χ1) is 9.15. The quantitative estimate of drug-likeness (QED) is 0.825. The Labute approximate surface area is 115 Å². The predicted molar refractivity (Wildman–Crippen MR) is 76.0 cm³/mol. The first kappa shape index (κ1) is 13.9. The van der Waals surface area contributed by atoms with E-state index in [1.165, 1.54) is 6.42 Å². The van der Waals surface area contributed by atoms with Gasteiger partial charge in [-0.3, -0.25) is 0 Å². The molecular weight excluding hydrogens is 238 g/mol. The summed E-state index contributed by atoms with van der Waals surface area (Å²) >= 11 is 0. The summed E-state index contributed by atoms with van der Waals surface area (Å²) < 4.78 is 5.80.